The maximum absolute atomic E-state index is 12.0. The average Bonchev–Trinajstić information content (AvgIpc) is 2.59. The number of pyridine rings is 1. The number of halogens is 2. The molecule has 0 aliphatic rings. The molecular weight excluding hydrogens is 377 g/mol. The van der Waals surface area contributed by atoms with Crippen molar-refractivity contribution in [3.05, 3.63) is 64.8 Å². The van der Waals surface area contributed by atoms with Gasteiger partial charge in [-0.1, -0.05) is 53.2 Å². The minimum Gasteiger partial charge on any atom is -0.292 e. The van der Waals surface area contributed by atoms with Crippen LogP contribution >= 0.6 is 35.0 Å². The van der Waals surface area contributed by atoms with Gasteiger partial charge in [-0.3, -0.25) is 15.2 Å². The summed E-state index contributed by atoms with van der Waals surface area (Å²) in [6.07, 6.45) is 1.72. The van der Waals surface area contributed by atoms with Gasteiger partial charge >= 0.3 is 0 Å². The average molecular weight is 390 g/mol. The first-order valence-corrected chi connectivity index (χ1v) is 8.93. The molecule has 0 atom stereocenters. The van der Waals surface area contributed by atoms with E-state index in [1.54, 1.807) is 24.4 Å². The third kappa shape index (κ3) is 4.31. The van der Waals surface area contributed by atoms with Gasteiger partial charge in [0.25, 0.3) is 0 Å². The van der Waals surface area contributed by atoms with Crippen LogP contribution < -0.4 is 5.43 Å². The van der Waals surface area contributed by atoms with Crippen LogP contribution in [0.3, 0.4) is 0 Å². The van der Waals surface area contributed by atoms with Crippen molar-refractivity contribution in [3.8, 4) is 0 Å². The first-order chi connectivity index (χ1) is 12.0. The number of hydrazone groups is 1. The topological polar surface area (TPSA) is 54.4 Å². The first-order valence-electron chi connectivity index (χ1n) is 7.36. The Kier molecular flexibility index (Phi) is 5.58. The summed E-state index contributed by atoms with van der Waals surface area (Å²) < 4.78 is 0. The molecule has 1 aromatic heterocycles. The van der Waals surface area contributed by atoms with Crippen LogP contribution in [0.1, 0.15) is 6.92 Å². The number of carbonyl (C=O) groups is 1. The molecule has 1 N–H and O–H groups in total. The van der Waals surface area contributed by atoms with Crippen LogP contribution in [0.15, 0.2) is 64.7 Å². The summed E-state index contributed by atoms with van der Waals surface area (Å²) in [7, 11) is 0. The van der Waals surface area contributed by atoms with Crippen molar-refractivity contribution in [1.29, 1.82) is 0 Å². The van der Waals surface area contributed by atoms with E-state index >= 15 is 0 Å². The highest BCUT2D eigenvalue weighted by Gasteiger charge is 2.12. The maximum Gasteiger partial charge on any atom is 0.186 e. The lowest BCUT2D eigenvalue weighted by Crippen LogP contribution is -2.08. The molecule has 0 saturated carbocycles. The van der Waals surface area contributed by atoms with Gasteiger partial charge in [0, 0.05) is 28.4 Å². The summed E-state index contributed by atoms with van der Waals surface area (Å²) in [5.41, 5.74) is 4.22. The van der Waals surface area contributed by atoms with Gasteiger partial charge in [-0.05, 0) is 30.3 Å². The minimum atomic E-state index is -0.157. The van der Waals surface area contributed by atoms with Crippen molar-refractivity contribution < 1.29 is 4.79 Å². The van der Waals surface area contributed by atoms with Crippen LogP contribution in [0.5, 0.6) is 0 Å². The molecule has 126 valence electrons. The molecule has 25 heavy (non-hydrogen) atoms. The summed E-state index contributed by atoms with van der Waals surface area (Å²) in [5, 5.41) is 6.48. The SMILES string of the molecule is CC(=O)/C(=N/Nc1ccc(Cl)cc1Cl)Sc1cccc2cccnc12. The number of rotatable bonds is 4. The normalized spacial score (nSPS) is 11.6. The maximum atomic E-state index is 12.0. The van der Waals surface area contributed by atoms with Crippen molar-refractivity contribution in [2.24, 2.45) is 5.10 Å². The van der Waals surface area contributed by atoms with E-state index < -0.39 is 0 Å². The third-order valence-electron chi connectivity index (χ3n) is 3.31. The van der Waals surface area contributed by atoms with E-state index in [9.17, 15) is 4.79 Å². The Morgan fingerprint density at radius 1 is 1.16 bits per heavy atom. The molecule has 2 aromatic carbocycles. The molecular formula is C18H13Cl2N3OS. The molecule has 0 saturated heterocycles. The molecule has 3 aromatic rings. The van der Waals surface area contributed by atoms with E-state index in [4.69, 9.17) is 23.2 Å². The number of Topliss-reactive ketones (excluding diaryl/α,β-unsaturated/α-hetero) is 1. The number of thioether (sulfide) groups is 1. The molecule has 0 aliphatic heterocycles. The second-order valence-corrected chi connectivity index (χ2v) is 7.02. The summed E-state index contributed by atoms with van der Waals surface area (Å²) in [6.45, 7) is 1.47. The second-order valence-electron chi connectivity index (χ2n) is 5.14. The standard InChI is InChI=1S/C18H13Cl2N3OS/c1-11(24)18(23-22-15-8-7-13(19)10-14(15)20)25-16-6-2-4-12-5-3-9-21-17(12)16/h2-10,22H,1H3/b23-18-. The number of benzene rings is 2. The zero-order valence-corrected chi connectivity index (χ0v) is 15.5. The molecule has 7 heteroatoms. The Balaban J connectivity index is 1.89. The van der Waals surface area contributed by atoms with Crippen molar-refractivity contribution in [2.45, 2.75) is 11.8 Å². The second kappa shape index (κ2) is 7.87. The minimum absolute atomic E-state index is 0.157. The smallest absolute Gasteiger partial charge is 0.186 e. The fourth-order valence-electron chi connectivity index (χ4n) is 2.13. The number of hydrogen-bond donors (Lipinski definition) is 1. The Morgan fingerprint density at radius 3 is 2.72 bits per heavy atom. The summed E-state index contributed by atoms with van der Waals surface area (Å²) in [6, 6.07) is 14.7. The van der Waals surface area contributed by atoms with Gasteiger partial charge in [-0.25, -0.2) is 0 Å². The molecule has 0 amide bonds. The van der Waals surface area contributed by atoms with Gasteiger partial charge in [0.15, 0.2) is 10.8 Å². The summed E-state index contributed by atoms with van der Waals surface area (Å²) in [4.78, 5) is 17.2. The van der Waals surface area contributed by atoms with Gasteiger partial charge in [0.1, 0.15) is 0 Å². The zero-order valence-electron chi connectivity index (χ0n) is 13.2. The van der Waals surface area contributed by atoms with Crippen LogP contribution in [0.4, 0.5) is 5.69 Å². The van der Waals surface area contributed by atoms with Gasteiger partial charge in [-0.2, -0.15) is 5.10 Å². The number of para-hydroxylation sites is 1. The Labute approximate surface area is 159 Å². The molecule has 3 rings (SSSR count). The van der Waals surface area contributed by atoms with E-state index in [0.29, 0.717) is 20.8 Å². The lowest BCUT2D eigenvalue weighted by Gasteiger charge is -2.08. The van der Waals surface area contributed by atoms with E-state index in [-0.39, 0.29) is 5.78 Å². The lowest BCUT2D eigenvalue weighted by atomic mass is 10.2. The Hall–Kier alpha value is -2.08. The quantitative estimate of drug-likeness (QED) is 0.271. The predicted molar refractivity (Wildman–Crippen MR) is 106 cm³/mol. The first kappa shape index (κ1) is 17.7. The third-order valence-corrected chi connectivity index (χ3v) is 4.98. The number of nitrogens with zero attached hydrogens (tertiary/aromatic N) is 2. The van der Waals surface area contributed by atoms with E-state index in [0.717, 1.165) is 15.8 Å². The summed E-state index contributed by atoms with van der Waals surface area (Å²) >= 11 is 13.3. The Morgan fingerprint density at radius 2 is 1.96 bits per heavy atom. The number of carbonyl (C=O) groups excluding carboxylic acids is 1. The number of ketones is 1. The highest BCUT2D eigenvalue weighted by molar-refractivity contribution is 8.15. The number of nitrogens with one attached hydrogen (secondary N) is 1. The zero-order chi connectivity index (χ0) is 17.8. The van der Waals surface area contributed by atoms with Crippen LogP contribution in [0, 0.1) is 0 Å². The fourth-order valence-corrected chi connectivity index (χ4v) is 3.44. The molecule has 1 heterocycles. The van der Waals surface area contributed by atoms with E-state index in [2.05, 4.69) is 15.5 Å². The van der Waals surface area contributed by atoms with Gasteiger partial charge in [0.2, 0.25) is 0 Å². The number of anilines is 1. The molecule has 4 nitrogen and oxygen atoms in total. The molecule has 0 bridgehead atoms. The van der Waals surface area contributed by atoms with Crippen molar-refractivity contribution >= 4 is 62.4 Å². The van der Waals surface area contributed by atoms with Crippen LogP contribution in [0.25, 0.3) is 10.9 Å². The molecule has 0 unspecified atom stereocenters. The largest absolute Gasteiger partial charge is 0.292 e. The molecule has 0 fully saturated rings. The van der Waals surface area contributed by atoms with Gasteiger partial charge in [-0.15, -0.1) is 0 Å². The van der Waals surface area contributed by atoms with Crippen molar-refractivity contribution in [3.63, 3.8) is 0 Å². The molecule has 0 aliphatic carbocycles. The van der Waals surface area contributed by atoms with Crippen LogP contribution in [-0.2, 0) is 4.79 Å². The fraction of sp³-hybridized carbons (Fsp3) is 0.0556. The van der Waals surface area contributed by atoms with Gasteiger partial charge in [0.05, 0.1) is 16.2 Å². The lowest BCUT2D eigenvalue weighted by molar-refractivity contribution is -0.110. The Bertz CT molecular complexity index is 970. The number of hydrogen-bond acceptors (Lipinski definition) is 5. The van der Waals surface area contributed by atoms with E-state index in [1.807, 2.05) is 30.3 Å². The van der Waals surface area contributed by atoms with E-state index in [1.165, 1.54) is 18.7 Å². The number of aromatic nitrogens is 1. The molecule has 0 spiro atoms. The van der Waals surface area contributed by atoms with Crippen LogP contribution in [-0.4, -0.2) is 15.8 Å². The monoisotopic (exact) mass is 389 g/mol. The van der Waals surface area contributed by atoms with Crippen molar-refractivity contribution in [1.82, 2.24) is 4.98 Å². The predicted octanol–water partition coefficient (Wildman–Crippen LogP) is 5.65. The number of fused-ring (bicyclic) bond motifs is 1. The van der Waals surface area contributed by atoms with Crippen LogP contribution in [0.2, 0.25) is 10.0 Å². The summed E-state index contributed by atoms with van der Waals surface area (Å²) in [5.74, 6) is -0.157. The highest BCUT2D eigenvalue weighted by Crippen LogP contribution is 2.29. The highest BCUT2D eigenvalue weighted by atomic mass is 35.5. The molecule has 0 radical (unpaired) electrons. The van der Waals surface area contributed by atoms with Crippen molar-refractivity contribution in [2.75, 3.05) is 5.43 Å². The van der Waals surface area contributed by atoms with Gasteiger partial charge < -0.3 is 0 Å².